The quantitative estimate of drug-likeness (QED) is 0.757. The summed E-state index contributed by atoms with van der Waals surface area (Å²) in [6, 6.07) is 0.0488. The number of piperidine rings is 1. The summed E-state index contributed by atoms with van der Waals surface area (Å²) >= 11 is 0. The summed E-state index contributed by atoms with van der Waals surface area (Å²) in [5, 5.41) is 6.12. The Morgan fingerprint density at radius 3 is 2.45 bits per heavy atom. The van der Waals surface area contributed by atoms with E-state index in [4.69, 9.17) is 4.74 Å². The van der Waals surface area contributed by atoms with Gasteiger partial charge >= 0.3 is 12.1 Å². The Labute approximate surface area is 132 Å². The number of hydrogen-bond donors (Lipinski definition) is 2. The number of urea groups is 1. The summed E-state index contributed by atoms with van der Waals surface area (Å²) in [6.45, 7) is 10.0. The molecule has 2 aliphatic rings. The van der Waals surface area contributed by atoms with Crippen molar-refractivity contribution >= 4 is 12.1 Å². The number of amides is 3. The Bertz CT molecular complexity index is 402. The first-order valence-corrected chi connectivity index (χ1v) is 8.09. The molecule has 3 amide bonds. The zero-order valence-corrected chi connectivity index (χ0v) is 13.9. The SMILES string of the molecule is CC(C)(C)OC(=O)N[C@@H]1CCCN(C(=O)N2CCNCC2)C1. The minimum Gasteiger partial charge on any atom is -0.444 e. The summed E-state index contributed by atoms with van der Waals surface area (Å²) in [7, 11) is 0. The van der Waals surface area contributed by atoms with Crippen LogP contribution in [0.2, 0.25) is 0 Å². The van der Waals surface area contributed by atoms with Crippen molar-refractivity contribution in [1.29, 1.82) is 0 Å². The number of nitrogens with one attached hydrogen (secondary N) is 2. The molecule has 0 aromatic rings. The maximum atomic E-state index is 12.5. The Balaban J connectivity index is 1.83. The van der Waals surface area contributed by atoms with E-state index in [9.17, 15) is 9.59 Å². The predicted octanol–water partition coefficient (Wildman–Crippen LogP) is 1.00. The van der Waals surface area contributed by atoms with Crippen LogP contribution in [0.5, 0.6) is 0 Å². The zero-order valence-electron chi connectivity index (χ0n) is 13.9. The third kappa shape index (κ3) is 5.05. The number of rotatable bonds is 1. The molecule has 0 aromatic carbocycles. The van der Waals surface area contributed by atoms with Crippen LogP contribution >= 0.6 is 0 Å². The molecule has 2 N–H and O–H groups in total. The van der Waals surface area contributed by atoms with Gasteiger partial charge in [0.15, 0.2) is 0 Å². The Kier molecular flexibility index (Phi) is 5.50. The normalized spacial score (nSPS) is 23.1. The number of ether oxygens (including phenoxy) is 1. The van der Waals surface area contributed by atoms with E-state index in [1.807, 2.05) is 30.6 Å². The number of alkyl carbamates (subject to hydrolysis) is 1. The maximum Gasteiger partial charge on any atom is 0.407 e. The molecule has 0 aromatic heterocycles. The van der Waals surface area contributed by atoms with E-state index in [-0.39, 0.29) is 12.1 Å². The van der Waals surface area contributed by atoms with Gasteiger partial charge in [-0.25, -0.2) is 9.59 Å². The molecule has 0 unspecified atom stereocenters. The number of nitrogens with zero attached hydrogens (tertiary/aromatic N) is 2. The molecule has 0 spiro atoms. The molecule has 0 bridgehead atoms. The molecule has 1 atom stereocenters. The van der Waals surface area contributed by atoms with E-state index < -0.39 is 11.7 Å². The van der Waals surface area contributed by atoms with Crippen molar-refractivity contribution in [3.05, 3.63) is 0 Å². The molecule has 0 aliphatic carbocycles. The lowest BCUT2D eigenvalue weighted by Crippen LogP contribution is -2.56. The van der Waals surface area contributed by atoms with Crippen molar-refractivity contribution in [2.45, 2.75) is 45.3 Å². The lowest BCUT2D eigenvalue weighted by Gasteiger charge is -2.38. The highest BCUT2D eigenvalue weighted by Gasteiger charge is 2.29. The average Bonchev–Trinajstić information content (AvgIpc) is 2.45. The highest BCUT2D eigenvalue weighted by atomic mass is 16.6. The largest absolute Gasteiger partial charge is 0.444 e. The summed E-state index contributed by atoms with van der Waals surface area (Å²) in [4.78, 5) is 28.1. The van der Waals surface area contributed by atoms with Crippen LogP contribution in [-0.2, 0) is 4.74 Å². The summed E-state index contributed by atoms with van der Waals surface area (Å²) in [6.07, 6.45) is 1.37. The summed E-state index contributed by atoms with van der Waals surface area (Å²) in [5.41, 5.74) is -0.505. The van der Waals surface area contributed by atoms with Gasteiger partial charge in [-0.1, -0.05) is 0 Å². The highest BCUT2D eigenvalue weighted by molar-refractivity contribution is 5.75. The minimum atomic E-state index is -0.505. The smallest absolute Gasteiger partial charge is 0.407 e. The number of hydrogen-bond acceptors (Lipinski definition) is 4. The number of carbonyl (C=O) groups excluding carboxylic acids is 2. The molecule has 2 saturated heterocycles. The van der Waals surface area contributed by atoms with Crippen LogP contribution in [0.3, 0.4) is 0 Å². The molecule has 2 aliphatic heterocycles. The molecular weight excluding hydrogens is 284 g/mol. The maximum absolute atomic E-state index is 12.5. The van der Waals surface area contributed by atoms with Gasteiger partial charge in [0.05, 0.1) is 0 Å². The Hall–Kier alpha value is -1.50. The fourth-order valence-electron chi connectivity index (χ4n) is 2.80. The molecule has 2 heterocycles. The second-order valence-corrected chi connectivity index (χ2v) is 6.95. The van der Waals surface area contributed by atoms with Gasteiger partial charge < -0.3 is 25.2 Å². The van der Waals surface area contributed by atoms with E-state index in [1.165, 1.54) is 0 Å². The number of piperazine rings is 1. The van der Waals surface area contributed by atoms with Crippen LogP contribution in [0.4, 0.5) is 9.59 Å². The van der Waals surface area contributed by atoms with Crippen molar-refractivity contribution < 1.29 is 14.3 Å². The molecule has 7 heteroatoms. The summed E-state index contributed by atoms with van der Waals surface area (Å²) in [5.74, 6) is 0. The lowest BCUT2D eigenvalue weighted by molar-refractivity contribution is 0.0472. The third-order valence-electron chi connectivity index (χ3n) is 3.80. The van der Waals surface area contributed by atoms with Crippen LogP contribution in [0, 0.1) is 0 Å². The van der Waals surface area contributed by atoms with Gasteiger partial charge in [-0.3, -0.25) is 0 Å². The van der Waals surface area contributed by atoms with Crippen LogP contribution in [0.1, 0.15) is 33.6 Å². The topological polar surface area (TPSA) is 73.9 Å². The monoisotopic (exact) mass is 312 g/mol. The van der Waals surface area contributed by atoms with Gasteiger partial charge in [0.1, 0.15) is 5.60 Å². The molecule has 2 fully saturated rings. The van der Waals surface area contributed by atoms with Gasteiger partial charge in [0, 0.05) is 45.3 Å². The van der Waals surface area contributed by atoms with Gasteiger partial charge in [-0.15, -0.1) is 0 Å². The predicted molar refractivity (Wildman–Crippen MR) is 83.8 cm³/mol. The standard InChI is InChI=1S/C15H28N4O3/c1-15(2,3)22-13(20)17-12-5-4-8-19(11-12)14(21)18-9-6-16-7-10-18/h12,16H,4-11H2,1-3H3,(H,17,20)/t12-/m1/s1. The lowest BCUT2D eigenvalue weighted by atomic mass is 10.1. The van der Waals surface area contributed by atoms with Crippen molar-refractivity contribution in [2.75, 3.05) is 39.3 Å². The van der Waals surface area contributed by atoms with E-state index in [0.29, 0.717) is 6.54 Å². The molecular formula is C15H28N4O3. The fourth-order valence-corrected chi connectivity index (χ4v) is 2.80. The molecule has 0 radical (unpaired) electrons. The van der Waals surface area contributed by atoms with Gasteiger partial charge in [-0.05, 0) is 33.6 Å². The van der Waals surface area contributed by atoms with Crippen LogP contribution < -0.4 is 10.6 Å². The van der Waals surface area contributed by atoms with Crippen molar-refractivity contribution in [3.63, 3.8) is 0 Å². The second kappa shape index (κ2) is 7.17. The van der Waals surface area contributed by atoms with E-state index >= 15 is 0 Å². The third-order valence-corrected chi connectivity index (χ3v) is 3.80. The Morgan fingerprint density at radius 1 is 1.14 bits per heavy atom. The number of likely N-dealkylation sites (tertiary alicyclic amines) is 1. The average molecular weight is 312 g/mol. The van der Waals surface area contributed by atoms with Gasteiger partial charge in [0.2, 0.25) is 0 Å². The van der Waals surface area contributed by atoms with Crippen LogP contribution in [0.25, 0.3) is 0 Å². The first-order chi connectivity index (χ1) is 10.3. The van der Waals surface area contributed by atoms with Crippen LogP contribution in [-0.4, -0.2) is 72.8 Å². The molecule has 0 saturated carbocycles. The Morgan fingerprint density at radius 2 is 1.82 bits per heavy atom. The first-order valence-electron chi connectivity index (χ1n) is 8.09. The van der Waals surface area contributed by atoms with E-state index in [2.05, 4.69) is 10.6 Å². The van der Waals surface area contributed by atoms with E-state index in [0.717, 1.165) is 45.6 Å². The van der Waals surface area contributed by atoms with Crippen molar-refractivity contribution in [2.24, 2.45) is 0 Å². The van der Waals surface area contributed by atoms with Gasteiger partial charge in [-0.2, -0.15) is 0 Å². The van der Waals surface area contributed by atoms with Crippen LogP contribution in [0.15, 0.2) is 0 Å². The first kappa shape index (κ1) is 16.9. The molecule has 22 heavy (non-hydrogen) atoms. The zero-order chi connectivity index (χ0) is 16.2. The van der Waals surface area contributed by atoms with Crippen molar-refractivity contribution in [3.8, 4) is 0 Å². The molecule has 126 valence electrons. The van der Waals surface area contributed by atoms with Gasteiger partial charge in [0.25, 0.3) is 0 Å². The number of carbonyl (C=O) groups is 2. The summed E-state index contributed by atoms with van der Waals surface area (Å²) < 4.78 is 5.28. The van der Waals surface area contributed by atoms with E-state index in [1.54, 1.807) is 0 Å². The fraction of sp³-hybridized carbons (Fsp3) is 0.867. The highest BCUT2D eigenvalue weighted by Crippen LogP contribution is 2.14. The minimum absolute atomic E-state index is 0.0320. The molecule has 2 rings (SSSR count). The second-order valence-electron chi connectivity index (χ2n) is 6.95. The van der Waals surface area contributed by atoms with Crippen molar-refractivity contribution in [1.82, 2.24) is 20.4 Å². The molecule has 7 nitrogen and oxygen atoms in total.